The SMILES string of the molecule is Cc1cc(N)cc2ncnc(Nc3ccc(Cl)nc3OCC(=O)O)c12. The van der Waals surface area contributed by atoms with Crippen molar-refractivity contribution in [2.24, 2.45) is 0 Å². The monoisotopic (exact) mass is 359 g/mol. The minimum atomic E-state index is -1.12. The van der Waals surface area contributed by atoms with Crippen LogP contribution in [0.1, 0.15) is 5.56 Å². The van der Waals surface area contributed by atoms with Gasteiger partial charge in [0.15, 0.2) is 6.61 Å². The van der Waals surface area contributed by atoms with Gasteiger partial charge in [-0.1, -0.05) is 11.6 Å². The number of ether oxygens (including phenoxy) is 1. The number of aliphatic carboxylic acids is 1. The van der Waals surface area contributed by atoms with Gasteiger partial charge < -0.3 is 20.9 Å². The highest BCUT2D eigenvalue weighted by atomic mass is 35.5. The molecule has 0 amide bonds. The van der Waals surface area contributed by atoms with E-state index in [9.17, 15) is 4.79 Å². The van der Waals surface area contributed by atoms with Crippen molar-refractivity contribution in [3.63, 3.8) is 0 Å². The fourth-order valence-corrected chi connectivity index (χ4v) is 2.53. The number of nitrogen functional groups attached to an aromatic ring is 1. The minimum Gasteiger partial charge on any atom is -0.479 e. The van der Waals surface area contributed by atoms with Crippen molar-refractivity contribution in [2.45, 2.75) is 6.92 Å². The van der Waals surface area contributed by atoms with Crippen molar-refractivity contribution >= 4 is 45.7 Å². The number of aryl methyl sites for hydroxylation is 1. The number of pyridine rings is 1. The standard InChI is InChI=1S/C16H14ClN5O3/c1-8-4-9(18)5-11-14(8)15(20-7-19-11)21-10-2-3-12(17)22-16(10)25-6-13(23)24/h2-5,7H,6,18H2,1H3,(H,23,24)(H,19,20,21). The summed E-state index contributed by atoms with van der Waals surface area (Å²) >= 11 is 5.87. The second kappa shape index (κ2) is 6.78. The van der Waals surface area contributed by atoms with Crippen LogP contribution < -0.4 is 15.8 Å². The lowest BCUT2D eigenvalue weighted by Crippen LogP contribution is -2.11. The summed E-state index contributed by atoms with van der Waals surface area (Å²) in [4.78, 5) is 23.2. The molecule has 0 fully saturated rings. The summed E-state index contributed by atoms with van der Waals surface area (Å²) in [7, 11) is 0. The molecule has 9 heteroatoms. The number of halogens is 1. The van der Waals surface area contributed by atoms with E-state index in [1.807, 2.05) is 13.0 Å². The molecule has 25 heavy (non-hydrogen) atoms. The summed E-state index contributed by atoms with van der Waals surface area (Å²) in [6, 6.07) is 6.76. The number of aromatic nitrogens is 3. The van der Waals surface area contributed by atoms with Crippen LogP contribution in [0.3, 0.4) is 0 Å². The fourth-order valence-electron chi connectivity index (χ4n) is 2.39. The molecule has 128 valence electrons. The summed E-state index contributed by atoms with van der Waals surface area (Å²) in [5.74, 6) is -0.534. The van der Waals surface area contributed by atoms with Gasteiger partial charge in [0.05, 0.1) is 5.52 Å². The van der Waals surface area contributed by atoms with Crippen LogP contribution in [0.5, 0.6) is 5.88 Å². The molecule has 2 heterocycles. The van der Waals surface area contributed by atoms with Gasteiger partial charge in [-0.25, -0.2) is 14.8 Å². The Labute approximate surface area is 147 Å². The highest BCUT2D eigenvalue weighted by molar-refractivity contribution is 6.29. The van der Waals surface area contributed by atoms with Crippen molar-refractivity contribution in [2.75, 3.05) is 17.7 Å². The van der Waals surface area contributed by atoms with Crippen LogP contribution >= 0.6 is 11.6 Å². The number of rotatable bonds is 5. The lowest BCUT2D eigenvalue weighted by atomic mass is 10.1. The number of hydrogen-bond acceptors (Lipinski definition) is 7. The number of carbonyl (C=O) groups is 1. The third kappa shape index (κ3) is 3.69. The van der Waals surface area contributed by atoms with E-state index in [0.717, 1.165) is 10.9 Å². The number of carboxylic acids is 1. The van der Waals surface area contributed by atoms with Crippen molar-refractivity contribution in [3.8, 4) is 5.88 Å². The van der Waals surface area contributed by atoms with E-state index in [1.165, 1.54) is 6.33 Å². The first-order chi connectivity index (χ1) is 11.9. The zero-order valence-electron chi connectivity index (χ0n) is 13.2. The van der Waals surface area contributed by atoms with Gasteiger partial charge >= 0.3 is 5.97 Å². The van der Waals surface area contributed by atoms with Crippen LogP contribution in [-0.4, -0.2) is 32.6 Å². The average Bonchev–Trinajstić information content (AvgIpc) is 2.54. The molecule has 4 N–H and O–H groups in total. The minimum absolute atomic E-state index is 0.0646. The molecule has 0 unspecified atom stereocenters. The molecule has 0 radical (unpaired) electrons. The number of anilines is 3. The molecule has 8 nitrogen and oxygen atoms in total. The van der Waals surface area contributed by atoms with E-state index in [-0.39, 0.29) is 11.0 Å². The Kier molecular flexibility index (Phi) is 4.53. The van der Waals surface area contributed by atoms with Crippen LogP contribution in [-0.2, 0) is 4.79 Å². The summed E-state index contributed by atoms with van der Waals surface area (Å²) in [5, 5.41) is 12.9. The number of nitrogens with two attached hydrogens (primary N) is 1. The van der Waals surface area contributed by atoms with Gasteiger partial charge in [0.2, 0.25) is 5.88 Å². The van der Waals surface area contributed by atoms with E-state index in [1.54, 1.807) is 18.2 Å². The number of benzene rings is 1. The molecular formula is C16H14ClN5O3. The smallest absolute Gasteiger partial charge is 0.341 e. The van der Waals surface area contributed by atoms with Crippen molar-refractivity contribution in [1.82, 2.24) is 15.0 Å². The molecule has 0 saturated carbocycles. The van der Waals surface area contributed by atoms with Gasteiger partial charge in [0.25, 0.3) is 0 Å². The van der Waals surface area contributed by atoms with E-state index in [0.29, 0.717) is 22.7 Å². The maximum absolute atomic E-state index is 10.7. The normalized spacial score (nSPS) is 10.6. The number of nitrogens with one attached hydrogen (secondary N) is 1. The van der Waals surface area contributed by atoms with Crippen LogP contribution in [0.2, 0.25) is 5.15 Å². The zero-order valence-corrected chi connectivity index (χ0v) is 13.9. The Bertz CT molecular complexity index is 964. The third-order valence-corrected chi connectivity index (χ3v) is 3.58. The van der Waals surface area contributed by atoms with Gasteiger partial charge in [-0.15, -0.1) is 0 Å². The zero-order chi connectivity index (χ0) is 18.0. The number of fused-ring (bicyclic) bond motifs is 1. The molecule has 2 aromatic heterocycles. The second-order valence-corrected chi connectivity index (χ2v) is 5.64. The second-order valence-electron chi connectivity index (χ2n) is 5.25. The largest absolute Gasteiger partial charge is 0.479 e. The molecule has 0 aliphatic rings. The number of carboxylic acid groups (broad SMARTS) is 1. The van der Waals surface area contributed by atoms with Crippen molar-refractivity contribution in [3.05, 3.63) is 41.3 Å². The van der Waals surface area contributed by atoms with E-state index in [2.05, 4.69) is 20.3 Å². The maximum Gasteiger partial charge on any atom is 0.341 e. The third-order valence-electron chi connectivity index (χ3n) is 3.37. The highest BCUT2D eigenvalue weighted by Gasteiger charge is 2.13. The van der Waals surface area contributed by atoms with Crippen LogP contribution in [0.15, 0.2) is 30.6 Å². The molecule has 0 bridgehead atoms. The van der Waals surface area contributed by atoms with Gasteiger partial charge in [-0.3, -0.25) is 0 Å². The average molecular weight is 360 g/mol. The van der Waals surface area contributed by atoms with Gasteiger partial charge in [0.1, 0.15) is 23.0 Å². The van der Waals surface area contributed by atoms with E-state index in [4.69, 9.17) is 27.2 Å². The molecule has 0 aliphatic heterocycles. The predicted molar refractivity (Wildman–Crippen MR) is 94.3 cm³/mol. The quantitative estimate of drug-likeness (QED) is 0.469. The first-order valence-corrected chi connectivity index (χ1v) is 7.61. The molecule has 3 aromatic rings. The Morgan fingerprint density at radius 1 is 1.36 bits per heavy atom. The fraction of sp³-hybridized carbons (Fsp3) is 0.125. The predicted octanol–water partition coefficient (Wildman–Crippen LogP) is 2.78. The summed E-state index contributed by atoms with van der Waals surface area (Å²) < 4.78 is 5.19. The topological polar surface area (TPSA) is 123 Å². The molecule has 0 spiro atoms. The molecule has 0 saturated heterocycles. The molecular weight excluding hydrogens is 346 g/mol. The number of nitrogens with zero attached hydrogens (tertiary/aromatic N) is 3. The maximum atomic E-state index is 10.7. The highest BCUT2D eigenvalue weighted by Crippen LogP contribution is 2.31. The van der Waals surface area contributed by atoms with Gasteiger partial charge in [0, 0.05) is 11.1 Å². The Balaban J connectivity index is 2.03. The van der Waals surface area contributed by atoms with Crippen LogP contribution in [0.25, 0.3) is 10.9 Å². The molecule has 0 aliphatic carbocycles. The van der Waals surface area contributed by atoms with E-state index < -0.39 is 12.6 Å². The van der Waals surface area contributed by atoms with Crippen LogP contribution in [0.4, 0.5) is 17.2 Å². The molecule has 3 rings (SSSR count). The van der Waals surface area contributed by atoms with Crippen molar-refractivity contribution in [1.29, 1.82) is 0 Å². The summed E-state index contributed by atoms with van der Waals surface area (Å²) in [6.45, 7) is 1.36. The first-order valence-electron chi connectivity index (χ1n) is 7.23. The summed E-state index contributed by atoms with van der Waals surface area (Å²) in [6.07, 6.45) is 1.41. The molecule has 0 atom stereocenters. The molecule has 1 aromatic carbocycles. The van der Waals surface area contributed by atoms with Gasteiger partial charge in [-0.05, 0) is 36.8 Å². The van der Waals surface area contributed by atoms with Crippen molar-refractivity contribution < 1.29 is 14.6 Å². The Morgan fingerprint density at radius 3 is 2.92 bits per heavy atom. The van der Waals surface area contributed by atoms with E-state index >= 15 is 0 Å². The first kappa shape index (κ1) is 16.7. The number of hydrogen-bond donors (Lipinski definition) is 3. The Morgan fingerprint density at radius 2 is 2.16 bits per heavy atom. The van der Waals surface area contributed by atoms with Crippen LogP contribution in [0, 0.1) is 6.92 Å². The summed E-state index contributed by atoms with van der Waals surface area (Å²) in [5.41, 5.74) is 8.47. The Hall–Kier alpha value is -3.13. The van der Waals surface area contributed by atoms with Gasteiger partial charge in [-0.2, -0.15) is 4.98 Å². The lowest BCUT2D eigenvalue weighted by Gasteiger charge is -2.13. The lowest BCUT2D eigenvalue weighted by molar-refractivity contribution is -0.139.